The Labute approximate surface area is 192 Å². The van der Waals surface area contributed by atoms with Gasteiger partial charge >= 0.3 is 0 Å². The zero-order chi connectivity index (χ0) is 20.8. The highest BCUT2D eigenvalue weighted by Crippen LogP contribution is 2.15. The first-order valence-corrected chi connectivity index (χ1v) is 13.4. The first-order chi connectivity index (χ1) is 13.6. The van der Waals surface area contributed by atoms with Crippen molar-refractivity contribution in [3.05, 3.63) is 0 Å². The standard InChI is InChI=1S/C27H58N.ClH/c1-5-7-8-9-10-11-12-13-14-15-16-17-18-19-20-21-22-23-24-25-27-28(3,4)26-6-2;/h5-27H2,1-4H3;1H/q+1;/p-1. The second-order valence-electron chi connectivity index (χ2n) is 10.1. The number of quaternary nitrogens is 1. The lowest BCUT2D eigenvalue weighted by atomic mass is 10.0. The molecule has 29 heavy (non-hydrogen) atoms. The molecule has 0 spiro atoms. The highest BCUT2D eigenvalue weighted by atomic mass is 35.5. The van der Waals surface area contributed by atoms with Gasteiger partial charge < -0.3 is 16.9 Å². The second-order valence-corrected chi connectivity index (χ2v) is 10.1. The topological polar surface area (TPSA) is 0 Å². The van der Waals surface area contributed by atoms with Gasteiger partial charge in [0.2, 0.25) is 0 Å². The summed E-state index contributed by atoms with van der Waals surface area (Å²) in [5, 5.41) is 0. The third kappa shape index (κ3) is 26.2. The van der Waals surface area contributed by atoms with Crippen LogP contribution in [0.1, 0.15) is 149 Å². The minimum Gasteiger partial charge on any atom is -1.00 e. The number of halogens is 1. The van der Waals surface area contributed by atoms with E-state index in [0.717, 1.165) is 0 Å². The summed E-state index contributed by atoms with van der Waals surface area (Å²) in [5.74, 6) is 0. The van der Waals surface area contributed by atoms with Crippen molar-refractivity contribution in [2.45, 2.75) is 149 Å². The van der Waals surface area contributed by atoms with Crippen molar-refractivity contribution >= 4 is 0 Å². The fourth-order valence-corrected chi connectivity index (χ4v) is 4.51. The molecule has 0 aromatic rings. The van der Waals surface area contributed by atoms with Crippen molar-refractivity contribution in [1.29, 1.82) is 0 Å². The molecule has 0 amide bonds. The van der Waals surface area contributed by atoms with Crippen molar-refractivity contribution in [3.8, 4) is 0 Å². The third-order valence-electron chi connectivity index (χ3n) is 6.45. The second kappa shape index (κ2) is 24.5. The minimum atomic E-state index is 0. The summed E-state index contributed by atoms with van der Waals surface area (Å²) in [5.41, 5.74) is 0. The van der Waals surface area contributed by atoms with Crippen molar-refractivity contribution in [3.63, 3.8) is 0 Å². The summed E-state index contributed by atoms with van der Waals surface area (Å²) in [6.45, 7) is 7.31. The maximum absolute atomic E-state index is 2.39. The van der Waals surface area contributed by atoms with E-state index in [-0.39, 0.29) is 12.4 Å². The molecule has 0 saturated carbocycles. The lowest BCUT2D eigenvalue weighted by Gasteiger charge is -2.29. The Kier molecular flexibility index (Phi) is 26.6. The van der Waals surface area contributed by atoms with Gasteiger partial charge in [-0.25, -0.2) is 0 Å². The van der Waals surface area contributed by atoms with E-state index in [2.05, 4.69) is 27.9 Å². The van der Waals surface area contributed by atoms with Crippen molar-refractivity contribution < 1.29 is 16.9 Å². The van der Waals surface area contributed by atoms with Gasteiger partial charge in [0.25, 0.3) is 0 Å². The Balaban J connectivity index is 0. The SMILES string of the molecule is CCCCCCCCCCCCCCCCCCCCCC[N+](C)(C)CCC.[Cl-]. The molecule has 0 aromatic carbocycles. The van der Waals surface area contributed by atoms with Crippen LogP contribution in [0.5, 0.6) is 0 Å². The highest BCUT2D eigenvalue weighted by molar-refractivity contribution is 4.51. The molecule has 0 aliphatic rings. The van der Waals surface area contributed by atoms with E-state index in [1.165, 1.54) is 152 Å². The summed E-state index contributed by atoms with van der Waals surface area (Å²) in [7, 11) is 4.78. The zero-order valence-electron chi connectivity index (χ0n) is 21.1. The van der Waals surface area contributed by atoms with Crippen LogP contribution in [0, 0.1) is 0 Å². The van der Waals surface area contributed by atoms with Crippen molar-refractivity contribution in [2.24, 2.45) is 0 Å². The third-order valence-corrected chi connectivity index (χ3v) is 6.45. The maximum atomic E-state index is 2.39. The molecule has 0 saturated heterocycles. The predicted molar refractivity (Wildman–Crippen MR) is 130 cm³/mol. The van der Waals surface area contributed by atoms with Gasteiger partial charge in [0, 0.05) is 0 Å². The molecule has 0 aromatic heterocycles. The van der Waals surface area contributed by atoms with Crippen LogP contribution >= 0.6 is 0 Å². The fourth-order valence-electron chi connectivity index (χ4n) is 4.51. The molecule has 0 bridgehead atoms. The van der Waals surface area contributed by atoms with Gasteiger partial charge in [-0.1, -0.05) is 129 Å². The smallest absolute Gasteiger partial charge is 0.0782 e. The van der Waals surface area contributed by atoms with E-state index in [9.17, 15) is 0 Å². The van der Waals surface area contributed by atoms with Crippen LogP contribution in [-0.2, 0) is 0 Å². The summed E-state index contributed by atoms with van der Waals surface area (Å²) in [4.78, 5) is 0. The Bertz CT molecular complexity index is 290. The van der Waals surface area contributed by atoms with E-state index in [0.29, 0.717) is 0 Å². The van der Waals surface area contributed by atoms with Crippen LogP contribution < -0.4 is 12.4 Å². The molecule has 0 radical (unpaired) electrons. The van der Waals surface area contributed by atoms with Crippen molar-refractivity contribution in [1.82, 2.24) is 0 Å². The maximum Gasteiger partial charge on any atom is 0.0782 e. The average molecular weight is 432 g/mol. The van der Waals surface area contributed by atoms with Crippen LogP contribution in [0.2, 0.25) is 0 Å². The number of rotatable bonds is 23. The van der Waals surface area contributed by atoms with Crippen LogP contribution in [0.25, 0.3) is 0 Å². The largest absolute Gasteiger partial charge is 1.00 e. The molecule has 0 fully saturated rings. The Morgan fingerprint density at radius 3 is 0.897 bits per heavy atom. The van der Waals surface area contributed by atoms with Gasteiger partial charge in [-0.05, 0) is 19.3 Å². The molecular formula is C27H58ClN. The zero-order valence-corrected chi connectivity index (χ0v) is 21.8. The molecular weight excluding hydrogens is 374 g/mol. The van der Waals surface area contributed by atoms with Gasteiger partial charge in [-0.2, -0.15) is 0 Å². The number of nitrogens with zero attached hydrogens (tertiary/aromatic N) is 1. The molecule has 178 valence electrons. The first-order valence-electron chi connectivity index (χ1n) is 13.4. The van der Waals surface area contributed by atoms with E-state index in [1.54, 1.807) is 0 Å². The Morgan fingerprint density at radius 2 is 0.621 bits per heavy atom. The summed E-state index contributed by atoms with van der Waals surface area (Å²) in [6, 6.07) is 0. The van der Waals surface area contributed by atoms with Gasteiger partial charge in [0.15, 0.2) is 0 Å². The molecule has 0 N–H and O–H groups in total. The van der Waals surface area contributed by atoms with Crippen LogP contribution in [0.15, 0.2) is 0 Å². The van der Waals surface area contributed by atoms with Crippen LogP contribution in [0.3, 0.4) is 0 Å². The Morgan fingerprint density at radius 1 is 0.345 bits per heavy atom. The molecule has 0 rings (SSSR count). The normalized spacial score (nSPS) is 11.6. The average Bonchev–Trinajstić information content (AvgIpc) is 2.66. The predicted octanol–water partition coefficient (Wildman–Crippen LogP) is 6.30. The lowest BCUT2D eigenvalue weighted by molar-refractivity contribution is -0.890. The molecule has 0 unspecified atom stereocenters. The van der Waals surface area contributed by atoms with E-state index < -0.39 is 0 Å². The molecule has 0 aliphatic heterocycles. The molecule has 2 heteroatoms. The van der Waals surface area contributed by atoms with Gasteiger partial charge in [-0.15, -0.1) is 0 Å². The molecule has 0 aliphatic carbocycles. The monoisotopic (exact) mass is 431 g/mol. The quantitative estimate of drug-likeness (QED) is 0.131. The fraction of sp³-hybridized carbons (Fsp3) is 1.00. The van der Waals surface area contributed by atoms with Gasteiger partial charge in [0.1, 0.15) is 0 Å². The first kappa shape index (κ1) is 31.4. The highest BCUT2D eigenvalue weighted by Gasteiger charge is 2.11. The van der Waals surface area contributed by atoms with Crippen molar-refractivity contribution in [2.75, 3.05) is 27.2 Å². The molecule has 0 heterocycles. The number of unbranched alkanes of at least 4 members (excludes halogenated alkanes) is 19. The summed E-state index contributed by atoms with van der Waals surface area (Å²) >= 11 is 0. The lowest BCUT2D eigenvalue weighted by Crippen LogP contribution is -3.00. The number of hydrogen-bond acceptors (Lipinski definition) is 0. The molecule has 0 atom stereocenters. The van der Waals surface area contributed by atoms with Gasteiger partial charge in [-0.3, -0.25) is 0 Å². The minimum absolute atomic E-state index is 0. The van der Waals surface area contributed by atoms with E-state index in [4.69, 9.17) is 0 Å². The van der Waals surface area contributed by atoms with Crippen LogP contribution in [0.4, 0.5) is 0 Å². The van der Waals surface area contributed by atoms with E-state index in [1.807, 2.05) is 0 Å². The summed E-state index contributed by atoms with van der Waals surface area (Å²) in [6.07, 6.45) is 30.7. The van der Waals surface area contributed by atoms with Crippen LogP contribution in [-0.4, -0.2) is 31.7 Å². The Hall–Kier alpha value is 0.250. The number of hydrogen-bond donors (Lipinski definition) is 0. The summed E-state index contributed by atoms with van der Waals surface area (Å²) < 4.78 is 1.22. The molecule has 1 nitrogen and oxygen atoms in total. The van der Waals surface area contributed by atoms with E-state index >= 15 is 0 Å². The van der Waals surface area contributed by atoms with Gasteiger partial charge in [0.05, 0.1) is 27.2 Å².